The molecule has 252 valence electrons. The Kier molecular flexibility index (Phi) is 5.37. The van der Waals surface area contributed by atoms with Crippen LogP contribution in [-0.2, 0) is 33.1 Å². The van der Waals surface area contributed by atoms with Crippen molar-refractivity contribution in [3.8, 4) is 23.0 Å². The van der Waals surface area contributed by atoms with Gasteiger partial charge in [0, 0.05) is 62.3 Å². The van der Waals surface area contributed by atoms with Gasteiger partial charge in [0.25, 0.3) is 0 Å². The molecule has 15 heteroatoms. The molecule has 0 fully saturated rings. The van der Waals surface area contributed by atoms with E-state index in [4.69, 9.17) is 54.6 Å². The van der Waals surface area contributed by atoms with E-state index in [9.17, 15) is 8.42 Å². The first-order valence-corrected chi connectivity index (χ1v) is 15.5. The molecule has 0 bridgehead atoms. The van der Waals surface area contributed by atoms with Crippen LogP contribution in [-0.4, -0.2) is 84.5 Å². The monoisotopic (exact) mass is 739 g/mol. The number of H-pyrrole nitrogens is 1. The van der Waals surface area contributed by atoms with E-state index < -0.39 is 146 Å². The number of aromatic amines is 1. The number of nitrogens with zero attached hydrogens (tertiary/aromatic N) is 5. The smallest absolute Gasteiger partial charge is 0.497 e. The Bertz CT molecular complexity index is 2900. The van der Waals surface area contributed by atoms with Gasteiger partial charge in [-0.25, -0.2) is 4.98 Å². The van der Waals surface area contributed by atoms with Crippen molar-refractivity contribution in [3.63, 3.8) is 0 Å². The number of imidazole rings is 2. The van der Waals surface area contributed by atoms with Gasteiger partial charge in [-0.1, -0.05) is 6.07 Å². The van der Waals surface area contributed by atoms with Gasteiger partial charge in [0.15, 0.2) is 5.16 Å². The fourth-order valence-corrected chi connectivity index (χ4v) is 5.99. The predicted molar refractivity (Wildman–Crippen MR) is 191 cm³/mol. The number of benzene rings is 2. The van der Waals surface area contributed by atoms with Crippen LogP contribution in [0.5, 0.6) is 23.0 Å². The van der Waals surface area contributed by atoms with Gasteiger partial charge in [0.1, 0.15) is 23.0 Å². The van der Waals surface area contributed by atoms with E-state index in [1.807, 2.05) is 0 Å². The summed E-state index contributed by atoms with van der Waals surface area (Å²) in [5.41, 5.74) is -4.06. The standard InChI is InChI=1S/C17H19N3O3S.C17H18N3O3S.Mg/c2*1-10-8-18-15(11(2)16(10)23-4)9-24(21)17-19-13-6-5-12(22-3)7-14(13)20-17;/h5-8H,9H2,1-4H3,(H,19,20);5-8H,9H2,1-4H3;/q;-1;+2/t2*24-;/m00./s1/i2*1D3,2D3,3D3,4D3,8D;. The first-order valence-electron chi connectivity index (χ1n) is 25.9. The van der Waals surface area contributed by atoms with Gasteiger partial charge in [-0.3, -0.25) is 18.4 Å². The third kappa shape index (κ3) is 8.40. The minimum absolute atomic E-state index is 0. The molecule has 0 spiro atoms. The van der Waals surface area contributed by atoms with Crippen LogP contribution in [0.4, 0.5) is 0 Å². The summed E-state index contributed by atoms with van der Waals surface area (Å²) >= 11 is 0. The molecule has 2 atom stereocenters. The van der Waals surface area contributed by atoms with Gasteiger partial charge in [0.2, 0.25) is 0 Å². The van der Waals surface area contributed by atoms with Crippen molar-refractivity contribution >= 4 is 66.7 Å². The zero-order valence-corrected chi connectivity index (χ0v) is 27.6. The second kappa shape index (κ2) is 16.6. The van der Waals surface area contributed by atoms with Gasteiger partial charge in [-0.15, -0.1) is 0 Å². The van der Waals surface area contributed by atoms with Gasteiger partial charge >= 0.3 is 23.1 Å². The molecule has 0 aliphatic heterocycles. The molecule has 49 heavy (non-hydrogen) atoms. The van der Waals surface area contributed by atoms with Crippen LogP contribution >= 0.6 is 0 Å². The van der Waals surface area contributed by atoms with Gasteiger partial charge in [-0.05, 0) is 62.7 Å². The minimum Gasteiger partial charge on any atom is -0.497 e. The van der Waals surface area contributed by atoms with Crippen LogP contribution in [0.3, 0.4) is 0 Å². The molecule has 4 heterocycles. The normalized spacial score (nSPS) is 22.0. The van der Waals surface area contributed by atoms with Gasteiger partial charge < -0.3 is 33.9 Å². The first kappa shape index (κ1) is 15.9. The maximum atomic E-state index is 13.1. The summed E-state index contributed by atoms with van der Waals surface area (Å²) in [6, 6.07) is 7.95. The maximum Gasteiger partial charge on any atom is 2.00 e. The van der Waals surface area contributed by atoms with E-state index in [1.54, 1.807) is 0 Å². The van der Waals surface area contributed by atoms with E-state index in [1.165, 1.54) is 36.4 Å². The summed E-state index contributed by atoms with van der Waals surface area (Å²) in [7, 11) is -16.3. The molecule has 0 radical (unpaired) electrons. The Morgan fingerprint density at radius 3 is 1.98 bits per heavy atom. The summed E-state index contributed by atoms with van der Waals surface area (Å²) < 4.78 is 242. The number of methoxy groups -OCH3 is 4. The van der Waals surface area contributed by atoms with Crippen molar-refractivity contribution in [1.82, 2.24) is 29.9 Å². The summed E-state index contributed by atoms with van der Waals surface area (Å²) in [4.78, 5) is 22.4. The minimum atomic E-state index is -3.27. The topological polar surface area (TPSA) is 153 Å². The van der Waals surface area contributed by atoms with E-state index >= 15 is 0 Å². The summed E-state index contributed by atoms with van der Waals surface area (Å²) in [6.45, 7) is -12.6. The number of hydrogen-bond donors (Lipinski definition) is 1. The quantitative estimate of drug-likeness (QED) is 0.188. The van der Waals surface area contributed by atoms with Crippen molar-refractivity contribution in [2.24, 2.45) is 0 Å². The zero-order valence-electron chi connectivity index (χ0n) is 50.6. The van der Waals surface area contributed by atoms with Crippen LogP contribution in [0.25, 0.3) is 22.1 Å². The maximum absolute atomic E-state index is 13.1. The van der Waals surface area contributed by atoms with Crippen molar-refractivity contribution in [2.75, 3.05) is 28.2 Å². The number of aromatic nitrogens is 6. The number of hydrogen-bond acceptors (Lipinski definition) is 10. The molecule has 1 N–H and O–H groups in total. The molecule has 4 aromatic heterocycles. The largest absolute Gasteiger partial charge is 2.00 e. The van der Waals surface area contributed by atoms with E-state index in [0.717, 1.165) is 0 Å². The summed E-state index contributed by atoms with van der Waals surface area (Å²) in [5.74, 6) is -3.65. The zero-order chi connectivity index (χ0) is 56.3. The van der Waals surface area contributed by atoms with E-state index in [-0.39, 0.29) is 66.9 Å². The average molecular weight is 740 g/mol. The molecule has 6 rings (SSSR count). The first-order chi connectivity index (χ1) is 33.3. The average Bonchev–Trinajstić information content (AvgIpc) is 3.77. The van der Waals surface area contributed by atoms with Gasteiger partial charge in [-0.2, -0.15) is 0 Å². The van der Waals surface area contributed by atoms with Crippen molar-refractivity contribution in [2.45, 2.75) is 49.2 Å². The Morgan fingerprint density at radius 1 is 0.755 bits per heavy atom. The molecule has 0 aliphatic rings. The second-order valence-corrected chi connectivity index (χ2v) is 12.0. The van der Waals surface area contributed by atoms with Crippen LogP contribution in [0.2, 0.25) is 0 Å². The number of fused-ring (bicyclic) bond motifs is 2. The van der Waals surface area contributed by atoms with Gasteiger partial charge in [0.05, 0.1) is 103 Å². The molecule has 0 saturated heterocycles. The van der Waals surface area contributed by atoms with E-state index in [0.29, 0.717) is 0 Å². The number of pyridine rings is 2. The molecule has 2 aromatic carbocycles. The fourth-order valence-electron chi connectivity index (χ4n) is 3.99. The Balaban J connectivity index is 0.000000320. The van der Waals surface area contributed by atoms with Crippen molar-refractivity contribution in [3.05, 3.63) is 82.4 Å². The van der Waals surface area contributed by atoms with Crippen molar-refractivity contribution in [1.29, 1.82) is 0 Å². The molecular formula is C34H37MgN6O6S2+. The summed E-state index contributed by atoms with van der Waals surface area (Å²) in [6.07, 6.45) is -1.94. The third-order valence-corrected chi connectivity index (χ3v) is 8.58. The molecule has 6 aromatic rings. The van der Waals surface area contributed by atoms with Crippen LogP contribution < -0.4 is 23.9 Å². The summed E-state index contributed by atoms with van der Waals surface area (Å²) in [5, 5.41) is -0.479. The number of nitrogens with one attached hydrogen (secondary N) is 1. The Morgan fingerprint density at radius 2 is 1.37 bits per heavy atom. The molecular weight excluding hydrogens is 677 g/mol. The third-order valence-electron chi connectivity index (χ3n) is 6.30. The van der Waals surface area contributed by atoms with Crippen LogP contribution in [0.15, 0.2) is 59.1 Å². The molecule has 12 nitrogen and oxygen atoms in total. The van der Waals surface area contributed by atoms with Crippen LogP contribution in [0.1, 0.15) is 69.3 Å². The number of rotatable bonds is 10. The Labute approximate surface area is 342 Å². The molecule has 0 amide bonds. The second-order valence-electron chi connectivity index (χ2n) is 9.26. The SMILES string of the molecule is [2H]c1nc(C[S@](=O)c2nc3cc(OC([2H])([2H])[2H])ccc3[n-]2)c(C([2H])([2H])[2H])c(OC([2H])([2H])[2H])c1C([2H])([2H])[2H].[2H]c1nc(C[S@](=O)c2nc3ccc(OC([2H])([2H])[2H])cc3[nH]2)c(C([2H])([2H])[2H])c(OC([2H])([2H])[2H])c1C([2H])([2H])[2H].[Mg+2]. The molecule has 0 unspecified atom stereocenters. The Hall–Kier alpha value is -4.05. The fraction of sp³-hybridized carbons (Fsp3) is 0.294. The molecule has 0 aliphatic carbocycles. The van der Waals surface area contributed by atoms with E-state index in [2.05, 4.69) is 29.9 Å². The van der Waals surface area contributed by atoms with Crippen LogP contribution in [0, 0.1) is 27.4 Å². The number of ether oxygens (including phenoxy) is 4. The predicted octanol–water partition coefficient (Wildman–Crippen LogP) is 5.05. The molecule has 0 saturated carbocycles. The van der Waals surface area contributed by atoms with Crippen molar-refractivity contribution < 1.29 is 63.0 Å².